The standard InChI is InChI=1S/C15H16O3/c1-3-8-12(17-13(16)4-2)15-14(18-15)11-9-6-5-7-10-11/h3-7,9-10,12,14-15H,1-2,8H2/t12-,14+,15+/m1/s1. The maximum Gasteiger partial charge on any atom is 0.330 e. The molecule has 1 aliphatic rings. The van der Waals surface area contributed by atoms with Crippen molar-refractivity contribution in [2.24, 2.45) is 0 Å². The molecule has 0 aromatic heterocycles. The van der Waals surface area contributed by atoms with Crippen LogP contribution in [0.15, 0.2) is 55.6 Å². The lowest BCUT2D eigenvalue weighted by molar-refractivity contribution is -0.143. The summed E-state index contributed by atoms with van der Waals surface area (Å²) in [4.78, 5) is 11.2. The third-order valence-electron chi connectivity index (χ3n) is 2.85. The van der Waals surface area contributed by atoms with Gasteiger partial charge in [0.15, 0.2) is 0 Å². The van der Waals surface area contributed by atoms with Gasteiger partial charge in [0.2, 0.25) is 0 Å². The topological polar surface area (TPSA) is 38.8 Å². The van der Waals surface area contributed by atoms with Crippen LogP contribution in [0.5, 0.6) is 0 Å². The van der Waals surface area contributed by atoms with Gasteiger partial charge >= 0.3 is 5.97 Å². The van der Waals surface area contributed by atoms with Gasteiger partial charge < -0.3 is 9.47 Å². The molecule has 0 radical (unpaired) electrons. The largest absolute Gasteiger partial charge is 0.456 e. The highest BCUT2D eigenvalue weighted by Crippen LogP contribution is 2.42. The molecule has 2 rings (SSSR count). The van der Waals surface area contributed by atoms with E-state index in [1.165, 1.54) is 0 Å². The van der Waals surface area contributed by atoms with Crippen molar-refractivity contribution in [3.8, 4) is 0 Å². The number of epoxide rings is 1. The predicted molar refractivity (Wildman–Crippen MR) is 68.9 cm³/mol. The molecule has 0 unspecified atom stereocenters. The smallest absolute Gasteiger partial charge is 0.330 e. The summed E-state index contributed by atoms with van der Waals surface area (Å²) >= 11 is 0. The molecular weight excluding hydrogens is 228 g/mol. The van der Waals surface area contributed by atoms with Crippen LogP contribution >= 0.6 is 0 Å². The zero-order chi connectivity index (χ0) is 13.0. The molecule has 1 aliphatic heterocycles. The molecule has 3 atom stereocenters. The Hall–Kier alpha value is -1.87. The summed E-state index contributed by atoms with van der Waals surface area (Å²) < 4.78 is 10.9. The van der Waals surface area contributed by atoms with Crippen LogP contribution in [-0.2, 0) is 14.3 Å². The number of esters is 1. The molecule has 18 heavy (non-hydrogen) atoms. The summed E-state index contributed by atoms with van der Waals surface area (Å²) in [5, 5.41) is 0. The molecule has 1 saturated heterocycles. The van der Waals surface area contributed by atoms with Crippen molar-refractivity contribution in [2.75, 3.05) is 0 Å². The highest BCUT2D eigenvalue weighted by Gasteiger charge is 2.47. The quantitative estimate of drug-likeness (QED) is 0.334. The number of hydrogen-bond donors (Lipinski definition) is 0. The monoisotopic (exact) mass is 244 g/mol. The van der Waals surface area contributed by atoms with E-state index in [9.17, 15) is 4.79 Å². The number of hydrogen-bond acceptors (Lipinski definition) is 3. The Bertz CT molecular complexity index is 438. The molecule has 0 saturated carbocycles. The highest BCUT2D eigenvalue weighted by molar-refractivity contribution is 5.81. The summed E-state index contributed by atoms with van der Waals surface area (Å²) in [6.45, 7) is 7.06. The summed E-state index contributed by atoms with van der Waals surface area (Å²) in [6, 6.07) is 9.90. The first-order valence-corrected chi connectivity index (χ1v) is 5.90. The molecule has 0 amide bonds. The van der Waals surface area contributed by atoms with Gasteiger partial charge in [0.05, 0.1) is 0 Å². The van der Waals surface area contributed by atoms with Gasteiger partial charge in [0.1, 0.15) is 18.3 Å². The van der Waals surface area contributed by atoms with E-state index in [4.69, 9.17) is 9.47 Å². The first-order chi connectivity index (χ1) is 8.76. The molecule has 3 heteroatoms. The number of ether oxygens (including phenoxy) is 2. The lowest BCUT2D eigenvalue weighted by Gasteiger charge is -2.12. The number of benzene rings is 1. The molecule has 94 valence electrons. The fraction of sp³-hybridized carbons (Fsp3) is 0.267. The Balaban J connectivity index is 2.00. The van der Waals surface area contributed by atoms with Crippen LogP contribution in [0.25, 0.3) is 0 Å². The number of carbonyl (C=O) groups is 1. The fourth-order valence-electron chi connectivity index (χ4n) is 1.93. The summed E-state index contributed by atoms with van der Waals surface area (Å²) in [5.41, 5.74) is 1.10. The second kappa shape index (κ2) is 5.65. The predicted octanol–water partition coefficient (Wildman–Crippen LogP) is 2.80. The first kappa shape index (κ1) is 12.6. The highest BCUT2D eigenvalue weighted by atomic mass is 16.6. The van der Waals surface area contributed by atoms with Gasteiger partial charge in [-0.05, 0) is 5.56 Å². The Morgan fingerprint density at radius 2 is 2.11 bits per heavy atom. The molecule has 3 nitrogen and oxygen atoms in total. The molecule has 0 spiro atoms. The normalized spacial score (nSPS) is 22.9. The third kappa shape index (κ3) is 2.87. The Morgan fingerprint density at radius 1 is 1.39 bits per heavy atom. The molecule has 1 heterocycles. The van der Waals surface area contributed by atoms with Gasteiger partial charge in [-0.3, -0.25) is 0 Å². The minimum absolute atomic E-state index is 0.00812. The minimum Gasteiger partial charge on any atom is -0.456 e. The zero-order valence-electron chi connectivity index (χ0n) is 10.1. The summed E-state index contributed by atoms with van der Waals surface area (Å²) in [7, 11) is 0. The lowest BCUT2D eigenvalue weighted by atomic mass is 10.1. The summed E-state index contributed by atoms with van der Waals surface area (Å²) in [6.07, 6.45) is 3.09. The molecule has 0 aliphatic carbocycles. The van der Waals surface area contributed by atoms with Crippen LogP contribution in [0, 0.1) is 0 Å². The average Bonchev–Trinajstić information content (AvgIpc) is 3.19. The SMILES string of the molecule is C=CC[C@@H](OC(=O)C=C)[C@@H]1O[C@H]1c1ccccc1. The van der Waals surface area contributed by atoms with E-state index in [0.717, 1.165) is 11.6 Å². The lowest BCUT2D eigenvalue weighted by Crippen LogP contribution is -2.22. The van der Waals surface area contributed by atoms with Crippen LogP contribution in [0.2, 0.25) is 0 Å². The maximum absolute atomic E-state index is 11.2. The maximum atomic E-state index is 11.2. The molecule has 1 fully saturated rings. The van der Waals surface area contributed by atoms with E-state index in [1.807, 2.05) is 30.3 Å². The second-order valence-electron chi connectivity index (χ2n) is 4.14. The van der Waals surface area contributed by atoms with Gasteiger partial charge in [-0.15, -0.1) is 6.58 Å². The van der Waals surface area contributed by atoms with Gasteiger partial charge in [-0.25, -0.2) is 4.79 Å². The average molecular weight is 244 g/mol. The third-order valence-corrected chi connectivity index (χ3v) is 2.85. The molecular formula is C15H16O3. The van der Waals surface area contributed by atoms with E-state index in [1.54, 1.807) is 6.08 Å². The second-order valence-corrected chi connectivity index (χ2v) is 4.14. The van der Waals surface area contributed by atoms with Gasteiger partial charge in [0.25, 0.3) is 0 Å². The van der Waals surface area contributed by atoms with Crippen molar-refractivity contribution < 1.29 is 14.3 Å². The Morgan fingerprint density at radius 3 is 2.72 bits per heavy atom. The zero-order valence-corrected chi connectivity index (χ0v) is 10.1. The number of rotatable bonds is 6. The molecule has 0 bridgehead atoms. The van der Waals surface area contributed by atoms with E-state index < -0.39 is 5.97 Å². The summed E-state index contributed by atoms with van der Waals surface area (Å²) in [5.74, 6) is -0.427. The first-order valence-electron chi connectivity index (χ1n) is 5.90. The van der Waals surface area contributed by atoms with Crippen molar-refractivity contribution in [3.63, 3.8) is 0 Å². The van der Waals surface area contributed by atoms with E-state index in [-0.39, 0.29) is 18.3 Å². The van der Waals surface area contributed by atoms with Crippen LogP contribution in [0.3, 0.4) is 0 Å². The molecule has 1 aromatic rings. The van der Waals surface area contributed by atoms with Crippen molar-refractivity contribution in [2.45, 2.75) is 24.7 Å². The minimum atomic E-state index is -0.427. The van der Waals surface area contributed by atoms with Crippen molar-refractivity contribution in [3.05, 3.63) is 61.2 Å². The fourth-order valence-corrected chi connectivity index (χ4v) is 1.93. The van der Waals surface area contributed by atoms with Crippen LogP contribution < -0.4 is 0 Å². The van der Waals surface area contributed by atoms with Gasteiger partial charge in [-0.2, -0.15) is 0 Å². The molecule has 1 aromatic carbocycles. The van der Waals surface area contributed by atoms with Crippen molar-refractivity contribution >= 4 is 5.97 Å². The number of carbonyl (C=O) groups excluding carboxylic acids is 1. The Kier molecular flexibility index (Phi) is 3.95. The van der Waals surface area contributed by atoms with Gasteiger partial charge in [-0.1, -0.05) is 43.0 Å². The van der Waals surface area contributed by atoms with Crippen LogP contribution in [-0.4, -0.2) is 18.2 Å². The van der Waals surface area contributed by atoms with E-state index >= 15 is 0 Å². The van der Waals surface area contributed by atoms with E-state index in [0.29, 0.717) is 6.42 Å². The van der Waals surface area contributed by atoms with Crippen molar-refractivity contribution in [1.29, 1.82) is 0 Å². The van der Waals surface area contributed by atoms with Gasteiger partial charge in [0, 0.05) is 12.5 Å². The Labute approximate surface area is 107 Å². The van der Waals surface area contributed by atoms with Crippen molar-refractivity contribution in [1.82, 2.24) is 0 Å². The van der Waals surface area contributed by atoms with E-state index in [2.05, 4.69) is 13.2 Å². The molecule has 0 N–H and O–H groups in total. The van der Waals surface area contributed by atoms with Crippen LogP contribution in [0.1, 0.15) is 18.1 Å². The van der Waals surface area contributed by atoms with Crippen LogP contribution in [0.4, 0.5) is 0 Å².